The van der Waals surface area contributed by atoms with Gasteiger partial charge in [-0.25, -0.2) is 4.79 Å². The van der Waals surface area contributed by atoms with E-state index in [1.165, 1.54) is 0 Å². The van der Waals surface area contributed by atoms with Gasteiger partial charge in [-0.1, -0.05) is 32.0 Å². The van der Waals surface area contributed by atoms with Gasteiger partial charge >= 0.3 is 6.03 Å². The van der Waals surface area contributed by atoms with Crippen molar-refractivity contribution in [3.05, 3.63) is 54.4 Å². The first-order chi connectivity index (χ1) is 12.1. The van der Waals surface area contributed by atoms with E-state index in [9.17, 15) is 4.79 Å². The molecule has 1 aromatic carbocycles. The van der Waals surface area contributed by atoms with E-state index in [0.29, 0.717) is 24.8 Å². The van der Waals surface area contributed by atoms with E-state index in [1.807, 2.05) is 36.4 Å². The van der Waals surface area contributed by atoms with Crippen LogP contribution < -0.4 is 5.32 Å². The summed E-state index contributed by atoms with van der Waals surface area (Å²) in [4.78, 5) is 19.6. The van der Waals surface area contributed by atoms with E-state index in [-0.39, 0.29) is 12.6 Å². The number of carbonyl (C=O) groups is 1. The number of benzene rings is 1. The SMILES string of the molecule is CC(C)Sc1ccccc1NC(=O)N(CCCO)Cc1cccnc1. The molecule has 25 heavy (non-hydrogen) atoms. The molecule has 0 atom stereocenters. The summed E-state index contributed by atoms with van der Waals surface area (Å²) in [6.45, 7) is 5.24. The molecule has 0 bridgehead atoms. The fourth-order valence-electron chi connectivity index (χ4n) is 2.35. The lowest BCUT2D eigenvalue weighted by atomic mass is 10.2. The molecule has 0 saturated heterocycles. The van der Waals surface area contributed by atoms with Crippen molar-refractivity contribution >= 4 is 23.5 Å². The quantitative estimate of drug-likeness (QED) is 0.699. The van der Waals surface area contributed by atoms with Gasteiger partial charge in [-0.15, -0.1) is 11.8 Å². The van der Waals surface area contributed by atoms with Crippen LogP contribution in [0.15, 0.2) is 53.7 Å². The van der Waals surface area contributed by atoms with Crippen LogP contribution in [0.3, 0.4) is 0 Å². The average molecular weight is 359 g/mol. The standard InChI is InChI=1S/C19H25N3O2S/c1-15(2)25-18-9-4-3-8-17(18)21-19(24)22(11-6-12-23)14-16-7-5-10-20-13-16/h3-5,7-10,13,15,23H,6,11-12,14H2,1-2H3,(H,21,24). The van der Waals surface area contributed by atoms with E-state index < -0.39 is 0 Å². The van der Waals surface area contributed by atoms with Crippen molar-refractivity contribution in [2.45, 2.75) is 37.0 Å². The molecule has 2 rings (SSSR count). The third-order valence-electron chi connectivity index (χ3n) is 3.46. The van der Waals surface area contributed by atoms with Gasteiger partial charge in [0.05, 0.1) is 5.69 Å². The summed E-state index contributed by atoms with van der Waals surface area (Å²) in [5, 5.41) is 12.6. The predicted molar refractivity (Wildman–Crippen MR) is 103 cm³/mol. The zero-order chi connectivity index (χ0) is 18.1. The number of rotatable bonds is 8. The number of nitrogens with one attached hydrogen (secondary N) is 1. The third-order valence-corrected chi connectivity index (χ3v) is 4.54. The molecule has 0 unspecified atom stereocenters. The molecular weight excluding hydrogens is 334 g/mol. The maximum atomic E-state index is 12.8. The van der Waals surface area contributed by atoms with Crippen molar-refractivity contribution in [2.75, 3.05) is 18.5 Å². The molecule has 1 aromatic heterocycles. The van der Waals surface area contributed by atoms with Crippen LogP contribution in [-0.4, -0.2) is 39.4 Å². The van der Waals surface area contributed by atoms with Gasteiger partial charge in [0.25, 0.3) is 0 Å². The highest BCUT2D eigenvalue weighted by atomic mass is 32.2. The highest BCUT2D eigenvalue weighted by molar-refractivity contribution is 8.00. The summed E-state index contributed by atoms with van der Waals surface area (Å²) in [5.74, 6) is 0. The molecule has 0 saturated carbocycles. The molecular formula is C19H25N3O2S. The Morgan fingerprint density at radius 2 is 2.08 bits per heavy atom. The van der Waals surface area contributed by atoms with Crippen LogP contribution >= 0.6 is 11.8 Å². The number of para-hydroxylation sites is 1. The zero-order valence-electron chi connectivity index (χ0n) is 14.7. The lowest BCUT2D eigenvalue weighted by molar-refractivity contribution is 0.199. The predicted octanol–water partition coefficient (Wildman–Crippen LogP) is 4.00. The Morgan fingerprint density at radius 1 is 1.28 bits per heavy atom. The normalized spacial score (nSPS) is 10.7. The van der Waals surface area contributed by atoms with Gasteiger partial charge in [0.1, 0.15) is 0 Å². The Balaban J connectivity index is 2.11. The minimum Gasteiger partial charge on any atom is -0.396 e. The smallest absolute Gasteiger partial charge is 0.322 e. The molecule has 134 valence electrons. The molecule has 2 aromatic rings. The first kappa shape index (κ1) is 19.3. The number of urea groups is 1. The van der Waals surface area contributed by atoms with Gasteiger partial charge in [-0.3, -0.25) is 4.98 Å². The van der Waals surface area contributed by atoms with Gasteiger partial charge in [-0.05, 0) is 30.2 Å². The highest BCUT2D eigenvalue weighted by Crippen LogP contribution is 2.30. The molecule has 6 heteroatoms. The van der Waals surface area contributed by atoms with E-state index >= 15 is 0 Å². The molecule has 0 aliphatic heterocycles. The summed E-state index contributed by atoms with van der Waals surface area (Å²) in [6, 6.07) is 11.4. The van der Waals surface area contributed by atoms with Crippen LogP contribution in [-0.2, 0) is 6.54 Å². The molecule has 0 radical (unpaired) electrons. The molecule has 2 N–H and O–H groups in total. The number of aromatic nitrogens is 1. The van der Waals surface area contributed by atoms with Crippen molar-refractivity contribution in [3.8, 4) is 0 Å². The van der Waals surface area contributed by atoms with E-state index in [0.717, 1.165) is 16.1 Å². The largest absolute Gasteiger partial charge is 0.396 e. The lowest BCUT2D eigenvalue weighted by Gasteiger charge is -2.23. The van der Waals surface area contributed by atoms with Crippen molar-refractivity contribution < 1.29 is 9.90 Å². The first-order valence-corrected chi connectivity index (χ1v) is 9.29. The molecule has 1 heterocycles. The van der Waals surface area contributed by atoms with Crippen LogP contribution in [0.1, 0.15) is 25.8 Å². The maximum Gasteiger partial charge on any atom is 0.322 e. The number of hydrogen-bond donors (Lipinski definition) is 2. The van der Waals surface area contributed by atoms with Crippen LogP contribution in [0, 0.1) is 0 Å². The summed E-state index contributed by atoms with van der Waals surface area (Å²) in [5.41, 5.74) is 1.77. The third kappa shape index (κ3) is 6.40. The Hall–Kier alpha value is -2.05. The summed E-state index contributed by atoms with van der Waals surface area (Å²) >= 11 is 1.72. The Kier molecular flexibility index (Phi) is 7.76. The van der Waals surface area contributed by atoms with E-state index in [1.54, 1.807) is 29.1 Å². The number of pyridine rings is 1. The molecule has 2 amide bonds. The van der Waals surface area contributed by atoms with Crippen LogP contribution in [0.5, 0.6) is 0 Å². The molecule has 0 aliphatic rings. The topological polar surface area (TPSA) is 65.5 Å². The fourth-order valence-corrected chi connectivity index (χ4v) is 3.26. The van der Waals surface area contributed by atoms with Gasteiger partial charge in [0.2, 0.25) is 0 Å². The molecule has 5 nitrogen and oxygen atoms in total. The maximum absolute atomic E-state index is 12.8. The monoisotopic (exact) mass is 359 g/mol. The van der Waals surface area contributed by atoms with Gasteiger partial charge in [0, 0.05) is 42.2 Å². The van der Waals surface area contributed by atoms with E-state index in [4.69, 9.17) is 5.11 Å². The summed E-state index contributed by atoms with van der Waals surface area (Å²) in [6.07, 6.45) is 4.00. The molecule has 0 aliphatic carbocycles. The van der Waals surface area contributed by atoms with E-state index in [2.05, 4.69) is 24.1 Å². The second kappa shape index (κ2) is 10.1. The van der Waals surface area contributed by atoms with Crippen molar-refractivity contribution in [3.63, 3.8) is 0 Å². The zero-order valence-corrected chi connectivity index (χ0v) is 15.5. The number of carbonyl (C=O) groups excluding carboxylic acids is 1. The highest BCUT2D eigenvalue weighted by Gasteiger charge is 2.16. The number of anilines is 1. The minimum atomic E-state index is -0.172. The number of hydrogen-bond acceptors (Lipinski definition) is 4. The number of aliphatic hydroxyl groups excluding tert-OH is 1. The first-order valence-electron chi connectivity index (χ1n) is 8.41. The molecule has 0 spiro atoms. The van der Waals surface area contributed by atoms with Gasteiger partial charge < -0.3 is 15.3 Å². The van der Waals surface area contributed by atoms with Gasteiger partial charge in [0.15, 0.2) is 0 Å². The molecule has 0 fully saturated rings. The average Bonchev–Trinajstić information content (AvgIpc) is 2.60. The van der Waals surface area contributed by atoms with Gasteiger partial charge in [-0.2, -0.15) is 0 Å². The fraction of sp³-hybridized carbons (Fsp3) is 0.368. The Bertz CT molecular complexity index is 665. The van der Waals surface area contributed by atoms with Crippen molar-refractivity contribution in [1.82, 2.24) is 9.88 Å². The summed E-state index contributed by atoms with van der Waals surface area (Å²) < 4.78 is 0. The van der Waals surface area contributed by atoms with Crippen molar-refractivity contribution in [2.24, 2.45) is 0 Å². The van der Waals surface area contributed by atoms with Crippen LogP contribution in [0.4, 0.5) is 10.5 Å². The number of nitrogens with zero attached hydrogens (tertiary/aromatic N) is 2. The number of thioether (sulfide) groups is 1. The Morgan fingerprint density at radius 3 is 2.76 bits per heavy atom. The van der Waals surface area contributed by atoms with Crippen molar-refractivity contribution in [1.29, 1.82) is 0 Å². The van der Waals surface area contributed by atoms with Crippen LogP contribution in [0.25, 0.3) is 0 Å². The number of amides is 2. The number of aliphatic hydroxyl groups is 1. The second-order valence-electron chi connectivity index (χ2n) is 5.95. The van der Waals surface area contributed by atoms with Crippen LogP contribution in [0.2, 0.25) is 0 Å². The second-order valence-corrected chi connectivity index (χ2v) is 7.57. The lowest BCUT2D eigenvalue weighted by Crippen LogP contribution is -2.35. The minimum absolute atomic E-state index is 0.0522. The Labute approximate surface area is 153 Å². The summed E-state index contributed by atoms with van der Waals surface area (Å²) in [7, 11) is 0.